The van der Waals surface area contributed by atoms with E-state index >= 15 is 0 Å². The Morgan fingerprint density at radius 1 is 1.12 bits per heavy atom. The Morgan fingerprint density at radius 2 is 1.96 bits per heavy atom. The molecule has 0 amide bonds. The van der Waals surface area contributed by atoms with Crippen molar-refractivity contribution >= 4 is 16.9 Å². The maximum Gasteiger partial charge on any atom is 0.294 e. The smallest absolute Gasteiger partial charge is 0.294 e. The molecule has 3 heterocycles. The van der Waals surface area contributed by atoms with Crippen LogP contribution in [0.5, 0.6) is 0 Å². The number of para-hydroxylation sites is 2. The van der Waals surface area contributed by atoms with Gasteiger partial charge in [-0.05, 0) is 31.4 Å². The Morgan fingerprint density at radius 3 is 2.75 bits per heavy atom. The molecule has 2 saturated heterocycles. The van der Waals surface area contributed by atoms with E-state index in [2.05, 4.69) is 4.98 Å². The number of benzene rings is 1. The summed E-state index contributed by atoms with van der Waals surface area (Å²) in [5, 5.41) is 0. The minimum Gasteiger partial charge on any atom is -0.378 e. The predicted molar refractivity (Wildman–Crippen MR) is 92.6 cm³/mol. The molecule has 0 unspecified atom stereocenters. The van der Waals surface area contributed by atoms with Crippen LogP contribution in [0.1, 0.15) is 19.3 Å². The van der Waals surface area contributed by atoms with Gasteiger partial charge < -0.3 is 18.9 Å². The molecule has 0 N–H and O–H groups in total. The van der Waals surface area contributed by atoms with Crippen molar-refractivity contribution < 1.29 is 9.47 Å². The molecule has 2 fully saturated rings. The van der Waals surface area contributed by atoms with Gasteiger partial charge in [-0.2, -0.15) is 0 Å². The maximum absolute atomic E-state index is 13.1. The van der Waals surface area contributed by atoms with E-state index in [1.807, 2.05) is 33.7 Å². The molecule has 0 saturated carbocycles. The van der Waals surface area contributed by atoms with Crippen LogP contribution >= 0.6 is 0 Å². The van der Waals surface area contributed by atoms with Crippen molar-refractivity contribution in [3.8, 4) is 0 Å². The van der Waals surface area contributed by atoms with Crippen LogP contribution in [0.3, 0.4) is 0 Å². The topological polar surface area (TPSA) is 56.6 Å². The number of nitrogens with zero attached hydrogens (tertiary/aromatic N) is 3. The maximum atomic E-state index is 13.1. The van der Waals surface area contributed by atoms with E-state index in [1.165, 1.54) is 6.42 Å². The van der Waals surface area contributed by atoms with Gasteiger partial charge in [-0.25, -0.2) is 4.98 Å². The number of hydrogen-bond donors (Lipinski definition) is 0. The fraction of sp³-hybridized carbons (Fsp3) is 0.556. The van der Waals surface area contributed by atoms with Crippen LogP contribution in [0.25, 0.3) is 11.0 Å². The third-order valence-corrected chi connectivity index (χ3v) is 4.81. The summed E-state index contributed by atoms with van der Waals surface area (Å²) < 4.78 is 13.1. The second-order valence-corrected chi connectivity index (χ2v) is 6.43. The van der Waals surface area contributed by atoms with Crippen molar-refractivity contribution in [2.24, 2.45) is 0 Å². The molecule has 2 aliphatic heterocycles. The molecule has 6 heteroatoms. The van der Waals surface area contributed by atoms with Crippen molar-refractivity contribution in [3.63, 3.8) is 0 Å². The quantitative estimate of drug-likeness (QED) is 0.859. The molecule has 1 atom stereocenters. The molecule has 2 aromatic rings. The van der Waals surface area contributed by atoms with E-state index in [1.54, 1.807) is 0 Å². The average molecular weight is 329 g/mol. The number of aromatic nitrogens is 2. The summed E-state index contributed by atoms with van der Waals surface area (Å²) in [5.41, 5.74) is 1.72. The summed E-state index contributed by atoms with van der Waals surface area (Å²) >= 11 is 0. The van der Waals surface area contributed by atoms with Crippen LogP contribution in [0.15, 0.2) is 29.1 Å². The van der Waals surface area contributed by atoms with Crippen LogP contribution in [-0.2, 0) is 16.0 Å². The zero-order chi connectivity index (χ0) is 16.4. The van der Waals surface area contributed by atoms with Crippen LogP contribution in [0, 0.1) is 0 Å². The zero-order valence-electron chi connectivity index (χ0n) is 13.8. The van der Waals surface area contributed by atoms with Gasteiger partial charge >= 0.3 is 0 Å². The average Bonchev–Trinajstić information content (AvgIpc) is 2.65. The zero-order valence-corrected chi connectivity index (χ0v) is 13.8. The van der Waals surface area contributed by atoms with E-state index < -0.39 is 0 Å². The van der Waals surface area contributed by atoms with Crippen LogP contribution in [-0.4, -0.2) is 48.6 Å². The Bertz CT molecular complexity index is 762. The molecule has 6 nitrogen and oxygen atoms in total. The van der Waals surface area contributed by atoms with Crippen molar-refractivity contribution in [1.82, 2.24) is 9.55 Å². The number of anilines is 1. The summed E-state index contributed by atoms with van der Waals surface area (Å²) in [4.78, 5) is 19.8. The number of ether oxygens (including phenoxy) is 2. The van der Waals surface area contributed by atoms with Crippen molar-refractivity contribution in [1.29, 1.82) is 0 Å². The lowest BCUT2D eigenvalue weighted by atomic mass is 10.1. The van der Waals surface area contributed by atoms with Gasteiger partial charge in [0.1, 0.15) is 0 Å². The van der Waals surface area contributed by atoms with E-state index in [9.17, 15) is 4.79 Å². The van der Waals surface area contributed by atoms with E-state index in [-0.39, 0.29) is 11.7 Å². The van der Waals surface area contributed by atoms with Gasteiger partial charge in [0.25, 0.3) is 5.56 Å². The molecular weight excluding hydrogens is 306 g/mol. The van der Waals surface area contributed by atoms with Gasteiger partial charge in [-0.3, -0.25) is 4.79 Å². The second-order valence-electron chi connectivity index (χ2n) is 6.43. The number of hydrogen-bond acceptors (Lipinski definition) is 5. The Hall–Kier alpha value is -1.92. The van der Waals surface area contributed by atoms with E-state index in [4.69, 9.17) is 9.47 Å². The Kier molecular flexibility index (Phi) is 4.49. The molecule has 0 aliphatic carbocycles. The first kappa shape index (κ1) is 15.6. The molecule has 24 heavy (non-hydrogen) atoms. The fourth-order valence-electron chi connectivity index (χ4n) is 3.50. The summed E-state index contributed by atoms with van der Waals surface area (Å²) in [6, 6.07) is 7.85. The Labute approximate surface area is 141 Å². The third kappa shape index (κ3) is 3.03. The number of morpholine rings is 1. The van der Waals surface area contributed by atoms with Crippen LogP contribution < -0.4 is 10.5 Å². The normalized spacial score (nSPS) is 22.0. The van der Waals surface area contributed by atoms with Gasteiger partial charge in [0.05, 0.1) is 36.9 Å². The lowest BCUT2D eigenvalue weighted by molar-refractivity contribution is 0.00614. The fourth-order valence-corrected chi connectivity index (χ4v) is 3.50. The second kappa shape index (κ2) is 6.91. The van der Waals surface area contributed by atoms with Crippen molar-refractivity contribution in [2.75, 3.05) is 37.8 Å². The van der Waals surface area contributed by atoms with E-state index in [0.717, 1.165) is 30.5 Å². The van der Waals surface area contributed by atoms with Gasteiger partial charge in [-0.15, -0.1) is 0 Å². The minimum atomic E-state index is -0.0234. The lowest BCUT2D eigenvalue weighted by Crippen LogP contribution is -2.42. The molecule has 0 radical (unpaired) electrons. The highest BCUT2D eigenvalue weighted by Crippen LogP contribution is 2.19. The molecule has 2 aliphatic rings. The summed E-state index contributed by atoms with van der Waals surface area (Å²) in [7, 11) is 0. The number of fused-ring (bicyclic) bond motifs is 1. The van der Waals surface area contributed by atoms with Crippen molar-refractivity contribution in [2.45, 2.75) is 31.9 Å². The highest BCUT2D eigenvalue weighted by atomic mass is 16.5. The summed E-state index contributed by atoms with van der Waals surface area (Å²) in [5.74, 6) is 0.535. The first-order valence-electron chi connectivity index (χ1n) is 8.77. The molecule has 4 rings (SSSR count). The molecule has 128 valence electrons. The predicted octanol–water partition coefficient (Wildman–Crippen LogP) is 1.80. The first-order valence-corrected chi connectivity index (χ1v) is 8.77. The third-order valence-electron chi connectivity index (χ3n) is 4.81. The number of rotatable bonds is 3. The molecule has 0 bridgehead atoms. The summed E-state index contributed by atoms with van der Waals surface area (Å²) in [6.07, 6.45) is 3.40. The SMILES string of the molecule is O=c1c(N2CCOCC2)nc2ccccc2n1C[C@@H]1CCCCO1. The molecule has 0 spiro atoms. The molecule has 1 aromatic heterocycles. The van der Waals surface area contributed by atoms with Crippen molar-refractivity contribution in [3.05, 3.63) is 34.6 Å². The molecule has 1 aromatic carbocycles. The first-order chi connectivity index (χ1) is 11.8. The minimum absolute atomic E-state index is 0.0234. The van der Waals surface area contributed by atoms with Gasteiger partial charge in [0.15, 0.2) is 5.82 Å². The largest absolute Gasteiger partial charge is 0.378 e. The van der Waals surface area contributed by atoms with Gasteiger partial charge in [0.2, 0.25) is 0 Å². The Balaban J connectivity index is 1.77. The standard InChI is InChI=1S/C18H23N3O3/c22-18-17(20-8-11-23-12-9-20)19-15-6-1-2-7-16(15)21(18)13-14-5-3-4-10-24-14/h1-2,6-7,14H,3-5,8-13H2/t14-/m0/s1. The molecular formula is C18H23N3O3. The lowest BCUT2D eigenvalue weighted by Gasteiger charge is -2.29. The van der Waals surface area contributed by atoms with Crippen LogP contribution in [0.2, 0.25) is 0 Å². The monoisotopic (exact) mass is 329 g/mol. The van der Waals surface area contributed by atoms with Gasteiger partial charge in [-0.1, -0.05) is 12.1 Å². The highest BCUT2D eigenvalue weighted by Gasteiger charge is 2.22. The highest BCUT2D eigenvalue weighted by molar-refractivity contribution is 5.76. The van der Waals surface area contributed by atoms with Gasteiger partial charge in [0, 0.05) is 19.7 Å². The summed E-state index contributed by atoms with van der Waals surface area (Å²) in [6.45, 7) is 4.08. The van der Waals surface area contributed by atoms with E-state index in [0.29, 0.717) is 38.7 Å². The van der Waals surface area contributed by atoms with Crippen LogP contribution in [0.4, 0.5) is 5.82 Å².